The maximum absolute atomic E-state index is 11.6. The van der Waals surface area contributed by atoms with Crippen LogP contribution in [0.15, 0.2) is 17.5 Å². The summed E-state index contributed by atoms with van der Waals surface area (Å²) in [6.07, 6.45) is 0.675. The van der Waals surface area contributed by atoms with Crippen molar-refractivity contribution < 1.29 is 14.7 Å². The van der Waals surface area contributed by atoms with E-state index in [1.165, 1.54) is 4.88 Å². The van der Waals surface area contributed by atoms with E-state index < -0.39 is 5.97 Å². The summed E-state index contributed by atoms with van der Waals surface area (Å²) in [5.74, 6) is -1.10. The first-order chi connectivity index (χ1) is 7.59. The van der Waals surface area contributed by atoms with Crippen LogP contribution in [0.5, 0.6) is 0 Å². The Morgan fingerprint density at radius 3 is 2.88 bits per heavy atom. The molecule has 0 aromatic carbocycles. The Labute approximate surface area is 98.3 Å². The molecule has 1 atom stereocenters. The second kappa shape index (κ2) is 6.27. The molecule has 0 aliphatic rings. The van der Waals surface area contributed by atoms with E-state index in [2.05, 4.69) is 5.32 Å². The van der Waals surface area contributed by atoms with E-state index in [4.69, 9.17) is 5.11 Å². The Hall–Kier alpha value is -1.36. The molecule has 4 nitrogen and oxygen atoms in total. The number of carboxylic acids is 1. The molecule has 5 heteroatoms. The summed E-state index contributed by atoms with van der Waals surface area (Å²) in [4.78, 5) is 23.0. The third-order valence-corrected chi connectivity index (χ3v) is 3.07. The molecular formula is C11H15NO3S. The minimum absolute atomic E-state index is 0.0303. The van der Waals surface area contributed by atoms with Crippen LogP contribution in [0.4, 0.5) is 0 Å². The van der Waals surface area contributed by atoms with E-state index in [0.29, 0.717) is 6.42 Å². The summed E-state index contributed by atoms with van der Waals surface area (Å²) in [6.45, 7) is 2.04. The summed E-state index contributed by atoms with van der Waals surface area (Å²) < 4.78 is 0. The number of carbonyl (C=O) groups excluding carboxylic acids is 1. The quantitative estimate of drug-likeness (QED) is 0.793. The van der Waals surface area contributed by atoms with Gasteiger partial charge >= 0.3 is 5.97 Å². The number of nitrogens with one attached hydrogen (secondary N) is 1. The first kappa shape index (κ1) is 12.7. The molecule has 1 amide bonds. The van der Waals surface area contributed by atoms with Crippen molar-refractivity contribution in [1.82, 2.24) is 5.32 Å². The van der Waals surface area contributed by atoms with Crippen LogP contribution < -0.4 is 5.32 Å². The molecule has 0 aliphatic carbocycles. The monoisotopic (exact) mass is 241 g/mol. The van der Waals surface area contributed by atoms with E-state index in [0.717, 1.165) is 0 Å². The van der Waals surface area contributed by atoms with Crippen LogP contribution in [-0.4, -0.2) is 23.5 Å². The van der Waals surface area contributed by atoms with Crippen LogP contribution in [0.2, 0.25) is 0 Å². The van der Waals surface area contributed by atoms with Gasteiger partial charge in [-0.2, -0.15) is 0 Å². The molecule has 0 bridgehead atoms. The molecule has 16 heavy (non-hydrogen) atoms. The minimum Gasteiger partial charge on any atom is -0.481 e. The van der Waals surface area contributed by atoms with Crippen LogP contribution in [0, 0.1) is 5.92 Å². The van der Waals surface area contributed by atoms with Gasteiger partial charge in [-0.1, -0.05) is 13.0 Å². The van der Waals surface area contributed by atoms with Crippen LogP contribution >= 0.6 is 11.3 Å². The van der Waals surface area contributed by atoms with E-state index in [9.17, 15) is 9.59 Å². The molecule has 1 heterocycles. The van der Waals surface area contributed by atoms with Gasteiger partial charge in [0.1, 0.15) is 0 Å². The van der Waals surface area contributed by atoms with Gasteiger partial charge in [0.2, 0.25) is 5.91 Å². The van der Waals surface area contributed by atoms with Crippen molar-refractivity contribution in [2.45, 2.75) is 19.8 Å². The average Bonchev–Trinajstić information content (AvgIpc) is 2.69. The molecule has 88 valence electrons. The van der Waals surface area contributed by atoms with Gasteiger partial charge in [0.05, 0.1) is 6.42 Å². The lowest BCUT2D eigenvalue weighted by molar-refractivity contribution is -0.137. The smallest absolute Gasteiger partial charge is 0.305 e. The van der Waals surface area contributed by atoms with Gasteiger partial charge in [0.25, 0.3) is 0 Å². The van der Waals surface area contributed by atoms with E-state index in [1.807, 2.05) is 24.4 Å². The number of carbonyl (C=O) groups is 2. The summed E-state index contributed by atoms with van der Waals surface area (Å²) in [5.41, 5.74) is 0. The minimum atomic E-state index is -0.897. The average molecular weight is 241 g/mol. The lowest BCUT2D eigenvalue weighted by atomic mass is 10.1. The van der Waals surface area contributed by atoms with Crippen molar-refractivity contribution in [3.63, 3.8) is 0 Å². The zero-order valence-electron chi connectivity index (χ0n) is 9.10. The molecule has 1 aromatic heterocycles. The molecule has 1 aromatic rings. The molecule has 0 fully saturated rings. The summed E-state index contributed by atoms with van der Waals surface area (Å²) in [7, 11) is 0. The Morgan fingerprint density at radius 1 is 1.56 bits per heavy atom. The number of carboxylic acid groups (broad SMARTS) is 1. The van der Waals surface area contributed by atoms with E-state index in [-0.39, 0.29) is 24.8 Å². The molecule has 1 rings (SSSR count). The van der Waals surface area contributed by atoms with Gasteiger partial charge in [0.15, 0.2) is 0 Å². The van der Waals surface area contributed by atoms with Crippen molar-refractivity contribution in [2.75, 3.05) is 6.54 Å². The predicted molar refractivity (Wildman–Crippen MR) is 62.4 cm³/mol. The largest absolute Gasteiger partial charge is 0.481 e. The highest BCUT2D eigenvalue weighted by Crippen LogP contribution is 2.14. The normalized spacial score (nSPS) is 12.1. The molecule has 0 spiro atoms. The predicted octanol–water partition coefficient (Wildman–Crippen LogP) is 1.52. The highest BCUT2D eigenvalue weighted by molar-refractivity contribution is 7.09. The number of hydrogen-bond donors (Lipinski definition) is 2. The molecule has 2 N–H and O–H groups in total. The number of amides is 1. The highest BCUT2D eigenvalue weighted by Gasteiger charge is 2.13. The first-order valence-electron chi connectivity index (χ1n) is 5.11. The van der Waals surface area contributed by atoms with Crippen LogP contribution in [-0.2, 0) is 16.0 Å². The lowest BCUT2D eigenvalue weighted by Crippen LogP contribution is -2.31. The van der Waals surface area contributed by atoms with Gasteiger partial charge in [-0.3, -0.25) is 9.59 Å². The van der Waals surface area contributed by atoms with E-state index >= 15 is 0 Å². The van der Waals surface area contributed by atoms with Crippen LogP contribution in [0.25, 0.3) is 0 Å². The van der Waals surface area contributed by atoms with E-state index in [1.54, 1.807) is 11.3 Å². The number of aliphatic carboxylic acids is 1. The first-order valence-corrected chi connectivity index (χ1v) is 5.99. The Kier molecular flexibility index (Phi) is 4.98. The van der Waals surface area contributed by atoms with Crippen molar-refractivity contribution in [2.24, 2.45) is 5.92 Å². The number of thiophene rings is 1. The maximum Gasteiger partial charge on any atom is 0.305 e. The van der Waals surface area contributed by atoms with Gasteiger partial charge in [0, 0.05) is 17.3 Å². The lowest BCUT2D eigenvalue weighted by Gasteiger charge is -2.10. The van der Waals surface area contributed by atoms with Crippen LogP contribution in [0.3, 0.4) is 0 Å². The Morgan fingerprint density at radius 2 is 2.31 bits per heavy atom. The number of hydrogen-bond acceptors (Lipinski definition) is 3. The Balaban J connectivity index is 2.28. The summed E-state index contributed by atoms with van der Waals surface area (Å²) >= 11 is 1.62. The van der Waals surface area contributed by atoms with Gasteiger partial charge in [-0.15, -0.1) is 11.3 Å². The third kappa shape index (κ3) is 4.44. The highest BCUT2D eigenvalue weighted by atomic mass is 32.1. The molecule has 0 saturated carbocycles. The Bertz CT molecular complexity index is 348. The molecule has 1 unspecified atom stereocenters. The fourth-order valence-corrected chi connectivity index (χ4v) is 2.13. The standard InChI is InChI=1S/C11H15NO3S/c1-8(7-9-3-2-6-16-9)11(15)12-5-4-10(13)14/h2-3,6,8H,4-5,7H2,1H3,(H,12,15)(H,13,14). The molecule has 0 radical (unpaired) electrons. The fourth-order valence-electron chi connectivity index (χ4n) is 1.29. The molecule has 0 saturated heterocycles. The number of rotatable bonds is 6. The second-order valence-electron chi connectivity index (χ2n) is 3.62. The zero-order valence-corrected chi connectivity index (χ0v) is 9.92. The van der Waals surface area contributed by atoms with Gasteiger partial charge in [-0.05, 0) is 17.9 Å². The van der Waals surface area contributed by atoms with Crippen molar-refractivity contribution in [3.05, 3.63) is 22.4 Å². The van der Waals surface area contributed by atoms with Crippen molar-refractivity contribution in [1.29, 1.82) is 0 Å². The van der Waals surface area contributed by atoms with Gasteiger partial charge < -0.3 is 10.4 Å². The van der Waals surface area contributed by atoms with Crippen LogP contribution in [0.1, 0.15) is 18.2 Å². The summed E-state index contributed by atoms with van der Waals surface area (Å²) in [5, 5.41) is 13.0. The zero-order chi connectivity index (χ0) is 12.0. The van der Waals surface area contributed by atoms with Crippen molar-refractivity contribution >= 4 is 23.2 Å². The van der Waals surface area contributed by atoms with Gasteiger partial charge in [-0.25, -0.2) is 0 Å². The van der Waals surface area contributed by atoms with Crippen molar-refractivity contribution in [3.8, 4) is 0 Å². The molecule has 0 aliphatic heterocycles. The third-order valence-electron chi connectivity index (χ3n) is 2.17. The topological polar surface area (TPSA) is 66.4 Å². The SMILES string of the molecule is CC(Cc1cccs1)C(=O)NCCC(=O)O. The fraction of sp³-hybridized carbons (Fsp3) is 0.455. The summed E-state index contributed by atoms with van der Waals surface area (Å²) in [6, 6.07) is 3.95. The second-order valence-corrected chi connectivity index (χ2v) is 4.65. The maximum atomic E-state index is 11.6. The molecular weight excluding hydrogens is 226 g/mol.